The number of carbonyl (C=O) groups excluding carboxylic acids is 1. The van der Waals surface area contributed by atoms with Crippen molar-refractivity contribution < 1.29 is 13.2 Å². The zero-order chi connectivity index (χ0) is 13.9. The molecular weight excluding hydrogens is 252 g/mol. The molecule has 6 heteroatoms. The Morgan fingerprint density at radius 2 is 2.06 bits per heavy atom. The molecular formula is C12H14N2O3S. The quantitative estimate of drug-likeness (QED) is 0.801. The number of primary sulfonamides is 1. The first-order valence-corrected chi connectivity index (χ1v) is 6.63. The molecule has 0 saturated carbocycles. The number of terminal acetylenes is 1. The first-order valence-electron chi connectivity index (χ1n) is 5.09. The molecule has 0 fully saturated rings. The Morgan fingerprint density at radius 3 is 2.56 bits per heavy atom. The summed E-state index contributed by atoms with van der Waals surface area (Å²) in [5, 5.41) is 5.04. The third-order valence-electron chi connectivity index (χ3n) is 2.30. The molecule has 1 rings (SSSR count). The summed E-state index contributed by atoms with van der Waals surface area (Å²) in [6, 6.07) is 4.25. The maximum absolute atomic E-state index is 12.0. The number of sulfonamides is 1. The van der Waals surface area contributed by atoms with Crippen molar-refractivity contribution in [2.75, 3.05) is 13.6 Å². The highest BCUT2D eigenvalue weighted by atomic mass is 32.2. The van der Waals surface area contributed by atoms with Crippen LogP contribution in [0.5, 0.6) is 0 Å². The van der Waals surface area contributed by atoms with Crippen LogP contribution in [0.4, 0.5) is 0 Å². The van der Waals surface area contributed by atoms with Crippen molar-refractivity contribution in [2.45, 2.75) is 11.8 Å². The fraction of sp³-hybridized carbons (Fsp3) is 0.250. The number of nitrogens with two attached hydrogens (primary N) is 1. The van der Waals surface area contributed by atoms with Crippen molar-refractivity contribution >= 4 is 15.9 Å². The van der Waals surface area contributed by atoms with Gasteiger partial charge in [0.1, 0.15) is 0 Å². The molecule has 0 spiro atoms. The topological polar surface area (TPSA) is 80.5 Å². The molecule has 1 aromatic rings. The Labute approximate surface area is 107 Å². The Balaban J connectivity index is 3.24. The second-order valence-electron chi connectivity index (χ2n) is 3.95. The number of amides is 1. The fourth-order valence-electron chi connectivity index (χ4n) is 1.46. The molecule has 0 aliphatic carbocycles. The van der Waals surface area contributed by atoms with Crippen LogP contribution in [-0.2, 0) is 10.0 Å². The van der Waals surface area contributed by atoms with Crippen LogP contribution in [0.3, 0.4) is 0 Å². The number of hydrogen-bond donors (Lipinski definition) is 1. The van der Waals surface area contributed by atoms with Crippen LogP contribution in [0, 0.1) is 19.3 Å². The number of rotatable bonds is 3. The number of hydrogen-bond acceptors (Lipinski definition) is 3. The summed E-state index contributed by atoms with van der Waals surface area (Å²) in [6.07, 6.45) is 5.11. The van der Waals surface area contributed by atoms with E-state index in [0.717, 1.165) is 0 Å². The Hall–Kier alpha value is -1.84. The monoisotopic (exact) mass is 266 g/mol. The van der Waals surface area contributed by atoms with E-state index in [9.17, 15) is 13.2 Å². The van der Waals surface area contributed by atoms with Crippen LogP contribution in [0.25, 0.3) is 0 Å². The highest BCUT2D eigenvalue weighted by molar-refractivity contribution is 7.89. The van der Waals surface area contributed by atoms with Crippen LogP contribution < -0.4 is 5.14 Å². The van der Waals surface area contributed by atoms with Gasteiger partial charge in [0.15, 0.2) is 0 Å². The Morgan fingerprint density at radius 1 is 1.44 bits per heavy atom. The smallest absolute Gasteiger partial charge is 0.254 e. The van der Waals surface area contributed by atoms with Crippen molar-refractivity contribution in [3.63, 3.8) is 0 Å². The summed E-state index contributed by atoms with van der Waals surface area (Å²) in [7, 11) is -2.29. The van der Waals surface area contributed by atoms with Crippen LogP contribution in [-0.4, -0.2) is 32.8 Å². The van der Waals surface area contributed by atoms with E-state index in [1.165, 1.54) is 17.0 Å². The van der Waals surface area contributed by atoms with E-state index in [1.807, 2.05) is 0 Å². The fourth-order valence-corrected chi connectivity index (χ4v) is 2.11. The summed E-state index contributed by atoms with van der Waals surface area (Å²) < 4.78 is 22.6. The number of carbonyl (C=O) groups is 1. The van der Waals surface area contributed by atoms with Gasteiger partial charge in [-0.1, -0.05) is 5.92 Å². The first-order chi connectivity index (χ1) is 8.25. The largest absolute Gasteiger partial charge is 0.331 e. The van der Waals surface area contributed by atoms with Gasteiger partial charge in [0.2, 0.25) is 10.0 Å². The van der Waals surface area contributed by atoms with Crippen molar-refractivity contribution in [3.8, 4) is 12.3 Å². The van der Waals surface area contributed by atoms with Gasteiger partial charge >= 0.3 is 0 Å². The van der Waals surface area contributed by atoms with Crippen molar-refractivity contribution in [3.05, 3.63) is 29.3 Å². The Kier molecular flexibility index (Phi) is 4.11. The lowest BCUT2D eigenvalue weighted by Crippen LogP contribution is -2.27. The first kappa shape index (κ1) is 14.2. The van der Waals surface area contributed by atoms with Crippen LogP contribution in [0.15, 0.2) is 23.1 Å². The predicted molar refractivity (Wildman–Crippen MR) is 68.3 cm³/mol. The number of aryl methyl sites for hydroxylation is 1. The van der Waals surface area contributed by atoms with Gasteiger partial charge in [0.05, 0.1) is 11.4 Å². The molecule has 0 bridgehead atoms. The number of benzene rings is 1. The van der Waals surface area contributed by atoms with E-state index in [1.54, 1.807) is 20.0 Å². The SMILES string of the molecule is C#CCN(C)C(=O)c1cc(C)cc(S(N)(=O)=O)c1. The summed E-state index contributed by atoms with van der Waals surface area (Å²) in [6.45, 7) is 1.84. The van der Waals surface area contributed by atoms with Gasteiger partial charge in [0.25, 0.3) is 5.91 Å². The number of nitrogens with zero attached hydrogens (tertiary/aromatic N) is 1. The lowest BCUT2D eigenvalue weighted by Gasteiger charge is -2.14. The molecule has 0 atom stereocenters. The molecule has 0 radical (unpaired) electrons. The molecule has 0 unspecified atom stereocenters. The van der Waals surface area contributed by atoms with Crippen LogP contribution in [0.1, 0.15) is 15.9 Å². The minimum Gasteiger partial charge on any atom is -0.331 e. The van der Waals surface area contributed by atoms with Gasteiger partial charge in [-0.25, -0.2) is 13.6 Å². The predicted octanol–water partition coefficient (Wildman–Crippen LogP) is 0.348. The summed E-state index contributed by atoms with van der Waals surface area (Å²) in [5.74, 6) is 1.99. The minimum atomic E-state index is -3.83. The molecule has 0 aliphatic rings. The van der Waals surface area contributed by atoms with Gasteiger partial charge in [0, 0.05) is 12.6 Å². The van der Waals surface area contributed by atoms with E-state index in [0.29, 0.717) is 5.56 Å². The van der Waals surface area contributed by atoms with Gasteiger partial charge < -0.3 is 4.90 Å². The van der Waals surface area contributed by atoms with Gasteiger partial charge in [-0.05, 0) is 30.7 Å². The van der Waals surface area contributed by atoms with Crippen LogP contribution in [0.2, 0.25) is 0 Å². The molecule has 1 aromatic carbocycles. The maximum atomic E-state index is 12.0. The highest BCUT2D eigenvalue weighted by Crippen LogP contribution is 2.15. The average molecular weight is 266 g/mol. The molecule has 0 saturated heterocycles. The van der Waals surface area contributed by atoms with Gasteiger partial charge in [-0.15, -0.1) is 6.42 Å². The van der Waals surface area contributed by atoms with Gasteiger partial charge in [-0.2, -0.15) is 0 Å². The molecule has 5 nitrogen and oxygen atoms in total. The summed E-state index contributed by atoms with van der Waals surface area (Å²) >= 11 is 0. The second kappa shape index (κ2) is 5.21. The van der Waals surface area contributed by atoms with Crippen molar-refractivity contribution in [2.24, 2.45) is 5.14 Å². The molecule has 96 valence electrons. The average Bonchev–Trinajstić information content (AvgIpc) is 2.26. The van der Waals surface area contributed by atoms with E-state index in [4.69, 9.17) is 11.6 Å². The van der Waals surface area contributed by atoms with Crippen molar-refractivity contribution in [1.82, 2.24) is 4.90 Å². The van der Waals surface area contributed by atoms with E-state index in [-0.39, 0.29) is 22.9 Å². The highest BCUT2D eigenvalue weighted by Gasteiger charge is 2.15. The van der Waals surface area contributed by atoms with Crippen LogP contribution >= 0.6 is 0 Å². The summed E-state index contributed by atoms with van der Waals surface area (Å²) in [4.78, 5) is 13.2. The zero-order valence-corrected chi connectivity index (χ0v) is 11.0. The lowest BCUT2D eigenvalue weighted by atomic mass is 10.1. The third kappa shape index (κ3) is 3.32. The molecule has 1 amide bonds. The molecule has 2 N–H and O–H groups in total. The second-order valence-corrected chi connectivity index (χ2v) is 5.51. The third-order valence-corrected chi connectivity index (χ3v) is 3.19. The molecule has 0 heterocycles. The zero-order valence-electron chi connectivity index (χ0n) is 10.2. The standard InChI is InChI=1S/C12H14N2O3S/c1-4-5-14(3)12(15)10-6-9(2)7-11(8-10)18(13,16)17/h1,6-8H,5H2,2-3H3,(H2,13,16,17). The minimum absolute atomic E-state index is 0.0834. The normalized spacial score (nSPS) is 10.8. The molecule has 18 heavy (non-hydrogen) atoms. The Bertz CT molecular complexity index is 615. The van der Waals surface area contributed by atoms with Gasteiger partial charge in [-0.3, -0.25) is 4.79 Å². The van der Waals surface area contributed by atoms with E-state index in [2.05, 4.69) is 5.92 Å². The lowest BCUT2D eigenvalue weighted by molar-refractivity contribution is 0.0812. The van der Waals surface area contributed by atoms with E-state index >= 15 is 0 Å². The summed E-state index contributed by atoms with van der Waals surface area (Å²) in [5.41, 5.74) is 0.885. The van der Waals surface area contributed by atoms with E-state index < -0.39 is 10.0 Å². The maximum Gasteiger partial charge on any atom is 0.254 e. The molecule has 0 aliphatic heterocycles. The van der Waals surface area contributed by atoms with Crippen molar-refractivity contribution in [1.29, 1.82) is 0 Å². The molecule has 0 aromatic heterocycles.